The Morgan fingerprint density at radius 2 is 1.91 bits per heavy atom. The molecule has 1 saturated heterocycles. The third kappa shape index (κ3) is 5.81. The van der Waals surface area contributed by atoms with E-state index >= 15 is 0 Å². The van der Waals surface area contributed by atoms with Crippen LogP contribution in [0, 0.1) is 10.1 Å². The third-order valence-corrected chi connectivity index (χ3v) is 6.95. The van der Waals surface area contributed by atoms with Crippen molar-refractivity contribution in [3.05, 3.63) is 58.1 Å². The molecule has 3 rings (SSSR count). The third-order valence-electron chi connectivity index (χ3n) is 5.57. The number of aromatic hydroxyl groups is 1. The minimum atomic E-state index is -4.19. The molecule has 0 aromatic heterocycles. The van der Waals surface area contributed by atoms with E-state index in [1.807, 2.05) is 6.92 Å². The van der Waals surface area contributed by atoms with Gasteiger partial charge >= 0.3 is 5.97 Å². The molecule has 0 bridgehead atoms. The van der Waals surface area contributed by atoms with Crippen LogP contribution in [0.1, 0.15) is 43.0 Å². The number of nitrogens with zero attached hydrogens (tertiary/aromatic N) is 2. The van der Waals surface area contributed by atoms with Gasteiger partial charge in [-0.15, -0.1) is 0 Å². The second-order valence-electron chi connectivity index (χ2n) is 7.81. The van der Waals surface area contributed by atoms with Gasteiger partial charge in [-0.3, -0.25) is 19.6 Å². The number of phenolic OH excluding ortho intramolecular Hbond substituents is 1. The Morgan fingerprint density at radius 1 is 1.21 bits per heavy atom. The Morgan fingerprint density at radius 3 is 2.56 bits per heavy atom. The topological polar surface area (TPSA) is 156 Å². The molecule has 2 aromatic rings. The fraction of sp³-hybridized carbons (Fsp3) is 0.364. The maximum Gasteiger partial charge on any atom is 0.342 e. The van der Waals surface area contributed by atoms with Gasteiger partial charge in [0.15, 0.2) is 6.61 Å². The molecule has 11 nitrogen and oxygen atoms in total. The summed E-state index contributed by atoms with van der Waals surface area (Å²) in [5.74, 6) is -1.89. The zero-order valence-corrected chi connectivity index (χ0v) is 19.3. The predicted octanol–water partition coefficient (Wildman–Crippen LogP) is 3.05. The molecule has 2 N–H and O–H groups in total. The number of anilines is 1. The monoisotopic (exact) mass is 491 g/mol. The molecular weight excluding hydrogens is 466 g/mol. The fourth-order valence-electron chi connectivity index (χ4n) is 3.75. The van der Waals surface area contributed by atoms with Crippen LogP contribution in [0.15, 0.2) is 47.4 Å². The number of nitro benzene ring substituents is 1. The van der Waals surface area contributed by atoms with Gasteiger partial charge < -0.3 is 14.7 Å². The van der Waals surface area contributed by atoms with Gasteiger partial charge in [0.2, 0.25) is 0 Å². The molecule has 1 fully saturated rings. The van der Waals surface area contributed by atoms with Crippen LogP contribution in [0.3, 0.4) is 0 Å². The minimum absolute atomic E-state index is 0.0698. The summed E-state index contributed by atoms with van der Waals surface area (Å²) in [7, 11) is -4.19. The number of phenols is 1. The van der Waals surface area contributed by atoms with Crippen molar-refractivity contribution < 1.29 is 32.8 Å². The summed E-state index contributed by atoms with van der Waals surface area (Å²) in [5, 5.41) is 20.8. The Labute approximate surface area is 196 Å². The molecule has 1 atom stereocenters. The number of sulfonamides is 1. The second kappa shape index (κ2) is 10.5. The molecule has 0 saturated carbocycles. The van der Waals surface area contributed by atoms with Crippen molar-refractivity contribution in [1.29, 1.82) is 0 Å². The quantitative estimate of drug-likeness (QED) is 0.324. The van der Waals surface area contributed by atoms with Crippen LogP contribution in [-0.4, -0.2) is 54.4 Å². The number of non-ortho nitro benzene ring substituents is 1. The molecule has 1 amide bonds. The lowest BCUT2D eigenvalue weighted by atomic mass is 10.00. The molecule has 0 radical (unpaired) electrons. The molecule has 182 valence electrons. The Bertz CT molecular complexity index is 1180. The summed E-state index contributed by atoms with van der Waals surface area (Å²) in [6.45, 7) is 2.05. The van der Waals surface area contributed by atoms with E-state index in [9.17, 15) is 33.2 Å². The Kier molecular flexibility index (Phi) is 7.72. The van der Waals surface area contributed by atoms with Crippen LogP contribution >= 0.6 is 0 Å². The highest BCUT2D eigenvalue weighted by atomic mass is 32.2. The Balaban J connectivity index is 1.71. The maximum atomic E-state index is 12.7. The van der Waals surface area contributed by atoms with Crippen molar-refractivity contribution in [3.63, 3.8) is 0 Å². The van der Waals surface area contributed by atoms with Crippen molar-refractivity contribution in [1.82, 2.24) is 4.90 Å². The van der Waals surface area contributed by atoms with Gasteiger partial charge in [-0.25, -0.2) is 13.2 Å². The second-order valence-corrected chi connectivity index (χ2v) is 9.49. The average Bonchev–Trinajstić information content (AvgIpc) is 2.82. The maximum absolute atomic E-state index is 12.7. The SMILES string of the molecule is CCC1CCCCN1C(=O)COC(=O)c1cc(S(=O)(=O)Nc2ccc([N+](=O)[O-])cc2)ccc1O. The van der Waals surface area contributed by atoms with Crippen LogP contribution < -0.4 is 4.72 Å². The lowest BCUT2D eigenvalue weighted by molar-refractivity contribution is -0.384. The van der Waals surface area contributed by atoms with Gasteiger partial charge in [0, 0.05) is 30.4 Å². The molecular formula is C22H25N3O8S. The number of hydrogen-bond donors (Lipinski definition) is 2. The number of ether oxygens (including phenoxy) is 1. The molecule has 34 heavy (non-hydrogen) atoms. The van der Waals surface area contributed by atoms with Crippen molar-refractivity contribution in [2.75, 3.05) is 17.9 Å². The molecule has 1 heterocycles. The lowest BCUT2D eigenvalue weighted by Gasteiger charge is -2.35. The molecule has 1 unspecified atom stereocenters. The Hall–Kier alpha value is -3.67. The van der Waals surface area contributed by atoms with Crippen LogP contribution in [0.2, 0.25) is 0 Å². The van der Waals surface area contributed by atoms with E-state index < -0.39 is 38.8 Å². The smallest absolute Gasteiger partial charge is 0.342 e. The molecule has 0 spiro atoms. The summed E-state index contributed by atoms with van der Waals surface area (Å²) in [6.07, 6.45) is 3.59. The molecule has 1 aliphatic rings. The number of nitrogens with one attached hydrogen (secondary N) is 1. The summed E-state index contributed by atoms with van der Waals surface area (Å²) in [5.41, 5.74) is -0.549. The normalized spacial score (nSPS) is 16.0. The number of rotatable bonds is 8. The molecule has 0 aliphatic carbocycles. The van der Waals surface area contributed by atoms with E-state index in [2.05, 4.69) is 4.72 Å². The highest BCUT2D eigenvalue weighted by Crippen LogP contribution is 2.25. The summed E-state index contributed by atoms with van der Waals surface area (Å²) in [6, 6.07) is 7.87. The van der Waals surface area contributed by atoms with E-state index in [4.69, 9.17) is 4.74 Å². The van der Waals surface area contributed by atoms with E-state index in [0.717, 1.165) is 56.0 Å². The number of likely N-dealkylation sites (tertiary alicyclic amines) is 1. The van der Waals surface area contributed by atoms with Gasteiger partial charge in [0.25, 0.3) is 21.6 Å². The number of esters is 1. The lowest BCUT2D eigenvalue weighted by Crippen LogP contribution is -2.45. The standard InChI is InChI=1S/C22H25N3O8S/c1-2-16-5-3-4-12-24(16)21(27)14-33-22(28)19-13-18(10-11-20(19)26)34(31,32)23-15-6-8-17(9-7-15)25(29)30/h6-11,13,16,23,26H,2-5,12,14H2,1H3. The predicted molar refractivity (Wildman–Crippen MR) is 122 cm³/mol. The van der Waals surface area contributed by atoms with E-state index in [1.54, 1.807) is 4.90 Å². The molecule has 1 aliphatic heterocycles. The summed E-state index contributed by atoms with van der Waals surface area (Å²) < 4.78 is 32.7. The van der Waals surface area contributed by atoms with Gasteiger partial charge in [-0.2, -0.15) is 0 Å². The zero-order valence-electron chi connectivity index (χ0n) is 18.5. The van der Waals surface area contributed by atoms with Gasteiger partial charge in [-0.05, 0) is 56.0 Å². The fourth-order valence-corrected chi connectivity index (χ4v) is 4.84. The van der Waals surface area contributed by atoms with E-state index in [1.165, 1.54) is 12.1 Å². The first-order chi connectivity index (χ1) is 16.1. The number of carbonyl (C=O) groups is 2. The van der Waals surface area contributed by atoms with E-state index in [-0.39, 0.29) is 28.2 Å². The highest BCUT2D eigenvalue weighted by molar-refractivity contribution is 7.92. The van der Waals surface area contributed by atoms with E-state index in [0.29, 0.717) is 6.54 Å². The van der Waals surface area contributed by atoms with Crippen molar-refractivity contribution >= 4 is 33.3 Å². The number of nitro groups is 1. The molecule has 12 heteroatoms. The van der Waals surface area contributed by atoms with Crippen molar-refractivity contribution in [3.8, 4) is 5.75 Å². The van der Waals surface area contributed by atoms with Gasteiger partial charge in [0.1, 0.15) is 11.3 Å². The number of amides is 1. The number of carbonyl (C=O) groups excluding carboxylic acids is 2. The first-order valence-electron chi connectivity index (χ1n) is 10.7. The number of piperidine rings is 1. The van der Waals surface area contributed by atoms with Crippen molar-refractivity contribution in [2.45, 2.75) is 43.5 Å². The molecule has 2 aromatic carbocycles. The van der Waals surface area contributed by atoms with Gasteiger partial charge in [0.05, 0.1) is 9.82 Å². The summed E-state index contributed by atoms with van der Waals surface area (Å²) >= 11 is 0. The van der Waals surface area contributed by atoms with Crippen LogP contribution in [0.5, 0.6) is 5.75 Å². The number of hydrogen-bond acceptors (Lipinski definition) is 8. The largest absolute Gasteiger partial charge is 0.507 e. The average molecular weight is 492 g/mol. The van der Waals surface area contributed by atoms with Crippen LogP contribution in [-0.2, 0) is 19.6 Å². The van der Waals surface area contributed by atoms with Crippen LogP contribution in [0.25, 0.3) is 0 Å². The van der Waals surface area contributed by atoms with Crippen LogP contribution in [0.4, 0.5) is 11.4 Å². The van der Waals surface area contributed by atoms with Crippen molar-refractivity contribution in [2.24, 2.45) is 0 Å². The van der Waals surface area contributed by atoms with Gasteiger partial charge in [-0.1, -0.05) is 6.92 Å². The zero-order chi connectivity index (χ0) is 24.9. The summed E-state index contributed by atoms with van der Waals surface area (Å²) in [4.78, 5) is 36.5. The highest BCUT2D eigenvalue weighted by Gasteiger charge is 2.27. The minimum Gasteiger partial charge on any atom is -0.507 e. The first-order valence-corrected chi connectivity index (χ1v) is 12.2. The number of benzene rings is 2. The first kappa shape index (κ1) is 25.0.